The molecule has 0 radical (unpaired) electrons. The molecule has 106 valence electrons. The summed E-state index contributed by atoms with van der Waals surface area (Å²) in [6, 6.07) is 7.31. The van der Waals surface area contributed by atoms with E-state index >= 15 is 0 Å². The molecule has 1 aliphatic heterocycles. The van der Waals surface area contributed by atoms with Crippen molar-refractivity contribution in [3.05, 3.63) is 29.3 Å². The summed E-state index contributed by atoms with van der Waals surface area (Å²) < 4.78 is 0. The number of carbonyl (C=O) groups excluding carboxylic acids is 1. The molecule has 1 N–H and O–H groups in total. The maximum absolute atomic E-state index is 12.0. The van der Waals surface area contributed by atoms with Crippen molar-refractivity contribution in [1.29, 1.82) is 5.26 Å². The van der Waals surface area contributed by atoms with Crippen LogP contribution in [0.25, 0.3) is 0 Å². The average molecular weight is 273 g/mol. The smallest absolute Gasteiger partial charge is 0.241 e. The Labute approximate surface area is 119 Å². The molecule has 0 saturated carbocycles. The number of rotatable bonds is 2. The van der Waals surface area contributed by atoms with E-state index in [4.69, 9.17) is 5.26 Å². The summed E-state index contributed by atoms with van der Waals surface area (Å²) in [4.78, 5) is 15.7. The molecule has 0 spiro atoms. The molecule has 1 aromatic rings. The zero-order valence-corrected chi connectivity index (χ0v) is 11.8. The second kappa shape index (κ2) is 5.93. The lowest BCUT2D eigenvalue weighted by Gasteiger charge is -2.26. The molecule has 1 atom stereocenters. The van der Waals surface area contributed by atoms with E-state index in [1.807, 2.05) is 4.90 Å². The van der Waals surface area contributed by atoms with Gasteiger partial charge >= 0.3 is 0 Å². The first-order chi connectivity index (χ1) is 9.52. The summed E-state index contributed by atoms with van der Waals surface area (Å²) in [5, 5.41) is 18.9. The first kappa shape index (κ1) is 14.4. The lowest BCUT2D eigenvalue weighted by Crippen LogP contribution is -2.34. The molecule has 1 heterocycles. The number of aliphatic hydroxyl groups excluding tert-OH is 1. The van der Waals surface area contributed by atoms with E-state index in [0.717, 1.165) is 30.8 Å². The van der Waals surface area contributed by atoms with Gasteiger partial charge in [0.25, 0.3) is 0 Å². The van der Waals surface area contributed by atoms with Crippen molar-refractivity contribution in [3.8, 4) is 6.07 Å². The van der Waals surface area contributed by atoms with Gasteiger partial charge in [-0.25, -0.2) is 0 Å². The average Bonchev–Trinajstić information content (AvgIpc) is 2.60. The minimum absolute atomic E-state index is 0.0569. The highest BCUT2D eigenvalue weighted by atomic mass is 16.3. The first-order valence-corrected chi connectivity index (χ1v) is 6.74. The molecular weight excluding hydrogens is 254 g/mol. The normalized spacial score (nSPS) is 17.6. The summed E-state index contributed by atoms with van der Waals surface area (Å²) in [7, 11) is 1.80. The van der Waals surface area contributed by atoms with Crippen LogP contribution in [0.2, 0.25) is 0 Å². The molecule has 0 bridgehead atoms. The quantitative estimate of drug-likeness (QED) is 0.881. The van der Waals surface area contributed by atoms with Crippen LogP contribution in [0, 0.1) is 11.3 Å². The van der Waals surface area contributed by atoms with E-state index in [0.29, 0.717) is 5.56 Å². The standard InChI is InChI=1S/C15H19N3O2/c1-11(19)13-5-4-12(9-16)8-14(13)18-7-3-6-17(2)15(20)10-18/h4-5,8,11,19H,3,6-7,10H2,1-2H3/t11-/m0/s1. The molecule has 5 heteroatoms. The summed E-state index contributed by atoms with van der Waals surface area (Å²) >= 11 is 0. The van der Waals surface area contributed by atoms with E-state index in [9.17, 15) is 9.90 Å². The van der Waals surface area contributed by atoms with Gasteiger partial charge in [-0.3, -0.25) is 4.79 Å². The van der Waals surface area contributed by atoms with Gasteiger partial charge in [0.05, 0.1) is 24.3 Å². The number of hydrogen-bond donors (Lipinski definition) is 1. The Kier molecular flexibility index (Phi) is 4.26. The first-order valence-electron chi connectivity index (χ1n) is 6.74. The monoisotopic (exact) mass is 273 g/mol. The lowest BCUT2D eigenvalue weighted by atomic mass is 10.0. The Balaban J connectivity index is 2.39. The number of benzene rings is 1. The second-order valence-electron chi connectivity index (χ2n) is 5.15. The Morgan fingerprint density at radius 3 is 2.80 bits per heavy atom. The van der Waals surface area contributed by atoms with Crippen molar-refractivity contribution >= 4 is 11.6 Å². The van der Waals surface area contributed by atoms with Crippen LogP contribution in [0.3, 0.4) is 0 Å². The van der Waals surface area contributed by atoms with E-state index in [-0.39, 0.29) is 12.5 Å². The molecule has 1 amide bonds. The molecule has 2 rings (SSSR count). The fraction of sp³-hybridized carbons (Fsp3) is 0.467. The zero-order valence-electron chi connectivity index (χ0n) is 11.8. The molecular formula is C15H19N3O2. The minimum atomic E-state index is -0.631. The molecule has 0 aliphatic carbocycles. The molecule has 1 fully saturated rings. The van der Waals surface area contributed by atoms with Gasteiger partial charge in [-0.15, -0.1) is 0 Å². The third kappa shape index (κ3) is 2.91. The number of nitriles is 1. The van der Waals surface area contributed by atoms with Crippen LogP contribution in [-0.4, -0.2) is 42.6 Å². The van der Waals surface area contributed by atoms with Gasteiger partial charge in [0.2, 0.25) is 5.91 Å². The van der Waals surface area contributed by atoms with Crippen LogP contribution < -0.4 is 4.90 Å². The summed E-state index contributed by atoms with van der Waals surface area (Å²) in [6.07, 6.45) is 0.243. The Morgan fingerprint density at radius 2 is 2.15 bits per heavy atom. The van der Waals surface area contributed by atoms with Gasteiger partial charge in [0, 0.05) is 31.4 Å². The number of likely N-dealkylation sites (N-methyl/N-ethyl adjacent to an activating group) is 1. The van der Waals surface area contributed by atoms with Gasteiger partial charge in [-0.1, -0.05) is 6.07 Å². The third-order valence-corrected chi connectivity index (χ3v) is 3.62. The highest BCUT2D eigenvalue weighted by Crippen LogP contribution is 2.28. The van der Waals surface area contributed by atoms with Crippen LogP contribution in [-0.2, 0) is 4.79 Å². The van der Waals surface area contributed by atoms with Crippen molar-refractivity contribution in [1.82, 2.24) is 4.90 Å². The highest BCUT2D eigenvalue weighted by Gasteiger charge is 2.22. The predicted octanol–water partition coefficient (Wildman–Crippen LogP) is 1.28. The number of nitrogens with zero attached hydrogens (tertiary/aromatic N) is 3. The van der Waals surface area contributed by atoms with Crippen LogP contribution >= 0.6 is 0 Å². The number of amides is 1. The van der Waals surface area contributed by atoms with Crippen LogP contribution in [0.1, 0.15) is 30.6 Å². The topological polar surface area (TPSA) is 67.6 Å². The molecule has 20 heavy (non-hydrogen) atoms. The molecule has 1 saturated heterocycles. The van der Waals surface area contributed by atoms with Crippen LogP contribution in [0.15, 0.2) is 18.2 Å². The second-order valence-corrected chi connectivity index (χ2v) is 5.15. The number of carbonyl (C=O) groups is 1. The number of hydrogen-bond acceptors (Lipinski definition) is 4. The van der Waals surface area contributed by atoms with Crippen LogP contribution in [0.5, 0.6) is 0 Å². The maximum Gasteiger partial charge on any atom is 0.241 e. The maximum atomic E-state index is 12.0. The van der Waals surface area contributed by atoms with Crippen molar-refractivity contribution in [2.45, 2.75) is 19.4 Å². The van der Waals surface area contributed by atoms with Gasteiger partial charge in [-0.05, 0) is 25.5 Å². The zero-order chi connectivity index (χ0) is 14.7. The highest BCUT2D eigenvalue weighted by molar-refractivity contribution is 5.82. The lowest BCUT2D eigenvalue weighted by molar-refractivity contribution is -0.127. The van der Waals surface area contributed by atoms with Crippen molar-refractivity contribution < 1.29 is 9.90 Å². The fourth-order valence-electron chi connectivity index (χ4n) is 2.43. The third-order valence-electron chi connectivity index (χ3n) is 3.62. The number of anilines is 1. The van der Waals surface area contributed by atoms with E-state index in [2.05, 4.69) is 6.07 Å². The summed E-state index contributed by atoms with van der Waals surface area (Å²) in [5.41, 5.74) is 2.07. The molecule has 0 aromatic heterocycles. The Hall–Kier alpha value is -2.06. The SMILES string of the molecule is C[C@H](O)c1ccc(C#N)cc1N1CCCN(C)C(=O)C1. The van der Waals surface area contributed by atoms with Crippen molar-refractivity contribution in [2.24, 2.45) is 0 Å². The number of aliphatic hydroxyl groups is 1. The van der Waals surface area contributed by atoms with Gasteiger partial charge in [-0.2, -0.15) is 5.26 Å². The fourth-order valence-corrected chi connectivity index (χ4v) is 2.43. The Bertz CT molecular complexity index is 549. The van der Waals surface area contributed by atoms with E-state index in [1.165, 1.54) is 0 Å². The molecule has 5 nitrogen and oxygen atoms in total. The van der Waals surface area contributed by atoms with Gasteiger partial charge in [0.15, 0.2) is 0 Å². The van der Waals surface area contributed by atoms with Crippen molar-refractivity contribution in [2.75, 3.05) is 31.6 Å². The van der Waals surface area contributed by atoms with Crippen molar-refractivity contribution in [3.63, 3.8) is 0 Å². The largest absolute Gasteiger partial charge is 0.389 e. The molecule has 1 aromatic carbocycles. The molecule has 1 aliphatic rings. The van der Waals surface area contributed by atoms with E-state index < -0.39 is 6.10 Å². The van der Waals surface area contributed by atoms with E-state index in [1.54, 1.807) is 37.1 Å². The minimum Gasteiger partial charge on any atom is -0.389 e. The van der Waals surface area contributed by atoms with Crippen LogP contribution in [0.4, 0.5) is 5.69 Å². The predicted molar refractivity (Wildman–Crippen MR) is 76.3 cm³/mol. The van der Waals surface area contributed by atoms with Gasteiger partial charge in [0.1, 0.15) is 0 Å². The van der Waals surface area contributed by atoms with Gasteiger partial charge < -0.3 is 14.9 Å². The summed E-state index contributed by atoms with van der Waals surface area (Å²) in [6.45, 7) is 3.45. The molecule has 0 unspecified atom stereocenters. The summed E-state index contributed by atoms with van der Waals surface area (Å²) in [5.74, 6) is 0.0569. The Morgan fingerprint density at radius 1 is 1.40 bits per heavy atom.